The minimum atomic E-state index is 0.192. The van der Waals surface area contributed by atoms with Crippen molar-refractivity contribution in [2.45, 2.75) is 26.8 Å². The molecule has 2 heteroatoms. The van der Waals surface area contributed by atoms with E-state index in [1.165, 1.54) is 0 Å². The predicted molar refractivity (Wildman–Crippen MR) is 51.8 cm³/mol. The van der Waals surface area contributed by atoms with Crippen molar-refractivity contribution in [3.63, 3.8) is 0 Å². The summed E-state index contributed by atoms with van der Waals surface area (Å²) in [5.74, 6) is 0.192. The Morgan fingerprint density at radius 3 is 2.69 bits per heavy atom. The fraction of sp³-hybridized carbons (Fsp3) is 0.364. The molecule has 2 nitrogen and oxygen atoms in total. The summed E-state index contributed by atoms with van der Waals surface area (Å²) in [5, 5.41) is 0. The molecular formula is C11H13NO. The maximum absolute atomic E-state index is 11.8. The third kappa shape index (κ3) is 0.981. The highest BCUT2D eigenvalue weighted by Crippen LogP contribution is 2.32. The van der Waals surface area contributed by atoms with Crippen LogP contribution in [0.15, 0.2) is 29.5 Å². The van der Waals surface area contributed by atoms with E-state index in [2.05, 4.69) is 6.92 Å². The number of allylic oxidation sites excluding steroid dienone is 2. The zero-order valence-corrected chi connectivity index (χ0v) is 8.16. The van der Waals surface area contributed by atoms with Crippen LogP contribution in [0.1, 0.15) is 37.3 Å². The van der Waals surface area contributed by atoms with Gasteiger partial charge in [0.1, 0.15) is 0 Å². The van der Waals surface area contributed by atoms with Crippen LogP contribution in [-0.2, 0) is 0 Å². The third-order valence-corrected chi connectivity index (χ3v) is 2.63. The molecule has 0 saturated heterocycles. The van der Waals surface area contributed by atoms with Crippen molar-refractivity contribution in [3.05, 3.63) is 35.2 Å². The van der Waals surface area contributed by atoms with Gasteiger partial charge in [-0.3, -0.25) is 4.79 Å². The first-order valence-electron chi connectivity index (χ1n) is 4.52. The number of hydrogen-bond donors (Lipinski definition) is 0. The molecule has 1 aromatic heterocycles. The Morgan fingerprint density at radius 1 is 1.46 bits per heavy atom. The highest BCUT2D eigenvalue weighted by atomic mass is 16.1. The van der Waals surface area contributed by atoms with Crippen LogP contribution < -0.4 is 0 Å². The first-order chi connectivity index (χ1) is 6.13. The second-order valence-corrected chi connectivity index (χ2v) is 3.72. The molecule has 1 aliphatic rings. The van der Waals surface area contributed by atoms with E-state index in [9.17, 15) is 4.79 Å². The third-order valence-electron chi connectivity index (χ3n) is 2.63. The van der Waals surface area contributed by atoms with Crippen molar-refractivity contribution in [1.29, 1.82) is 0 Å². The number of carbonyl (C=O) groups excluding carboxylic acids is 1. The van der Waals surface area contributed by atoms with Crippen LogP contribution in [0.5, 0.6) is 0 Å². The fourth-order valence-electron chi connectivity index (χ4n) is 2.04. The monoisotopic (exact) mass is 175 g/mol. The quantitative estimate of drug-likeness (QED) is 0.555. The fourth-order valence-corrected chi connectivity index (χ4v) is 2.04. The van der Waals surface area contributed by atoms with Crippen LogP contribution in [-0.4, -0.2) is 10.4 Å². The summed E-state index contributed by atoms with van der Waals surface area (Å²) in [6.07, 6.45) is 1.97. The first-order valence-corrected chi connectivity index (χ1v) is 4.52. The smallest absolute Gasteiger partial charge is 0.207 e. The van der Waals surface area contributed by atoms with Crippen LogP contribution in [0, 0.1) is 0 Å². The lowest BCUT2D eigenvalue weighted by Gasteiger charge is -2.08. The average molecular weight is 175 g/mol. The molecule has 0 bridgehead atoms. The van der Waals surface area contributed by atoms with E-state index in [-0.39, 0.29) is 11.8 Å². The van der Waals surface area contributed by atoms with E-state index in [1.807, 2.05) is 36.7 Å². The standard InChI is InChI=1S/C11H13NO/c1-7(2)10-8(3)12-6-4-5-9(12)11(10)13/h4-6,8H,1-3H3. The maximum atomic E-state index is 11.8. The number of hydrogen-bond acceptors (Lipinski definition) is 1. The second kappa shape index (κ2) is 2.59. The zero-order chi connectivity index (χ0) is 9.59. The van der Waals surface area contributed by atoms with Gasteiger partial charge in [-0.1, -0.05) is 5.57 Å². The summed E-state index contributed by atoms with van der Waals surface area (Å²) in [6.45, 7) is 6.06. The molecule has 1 aliphatic heterocycles. The summed E-state index contributed by atoms with van der Waals surface area (Å²) < 4.78 is 2.03. The lowest BCUT2D eigenvalue weighted by Crippen LogP contribution is -2.01. The van der Waals surface area contributed by atoms with E-state index in [0.717, 1.165) is 16.8 Å². The molecule has 0 radical (unpaired) electrons. The van der Waals surface area contributed by atoms with Gasteiger partial charge in [-0.25, -0.2) is 0 Å². The normalized spacial score (nSPS) is 20.7. The SMILES string of the molecule is CC(C)=C1C(=O)c2cccn2C1C. The number of Topliss-reactive ketones (excluding diaryl/α,β-unsaturated/α-hetero) is 1. The van der Waals surface area contributed by atoms with E-state index in [0.29, 0.717) is 0 Å². The van der Waals surface area contributed by atoms with Crippen molar-refractivity contribution in [1.82, 2.24) is 4.57 Å². The maximum Gasteiger partial charge on any atom is 0.207 e. The van der Waals surface area contributed by atoms with Gasteiger partial charge < -0.3 is 4.57 Å². The summed E-state index contributed by atoms with van der Waals surface area (Å²) in [5.41, 5.74) is 2.90. The van der Waals surface area contributed by atoms with Crippen molar-refractivity contribution in [2.24, 2.45) is 0 Å². The van der Waals surface area contributed by atoms with Crippen molar-refractivity contribution in [2.75, 3.05) is 0 Å². The Morgan fingerprint density at radius 2 is 2.15 bits per heavy atom. The Kier molecular flexibility index (Phi) is 1.65. The topological polar surface area (TPSA) is 22.0 Å². The molecule has 0 aliphatic carbocycles. The Bertz CT molecular complexity index is 394. The molecule has 0 amide bonds. The number of carbonyl (C=O) groups is 1. The van der Waals surface area contributed by atoms with Crippen LogP contribution in [0.25, 0.3) is 0 Å². The molecule has 1 unspecified atom stereocenters. The number of rotatable bonds is 0. The van der Waals surface area contributed by atoms with Crippen LogP contribution in [0.2, 0.25) is 0 Å². The molecule has 0 aromatic carbocycles. The largest absolute Gasteiger partial charge is 0.337 e. The van der Waals surface area contributed by atoms with E-state index < -0.39 is 0 Å². The summed E-state index contributed by atoms with van der Waals surface area (Å²) in [6, 6.07) is 4.02. The average Bonchev–Trinajstić information content (AvgIpc) is 2.56. The lowest BCUT2D eigenvalue weighted by molar-refractivity contribution is 0.103. The highest BCUT2D eigenvalue weighted by molar-refractivity contribution is 6.11. The van der Waals surface area contributed by atoms with Gasteiger partial charge in [0.25, 0.3) is 0 Å². The minimum Gasteiger partial charge on any atom is -0.337 e. The van der Waals surface area contributed by atoms with Crippen molar-refractivity contribution < 1.29 is 4.79 Å². The predicted octanol–water partition coefficient (Wildman–Crippen LogP) is 2.58. The number of ketones is 1. The van der Waals surface area contributed by atoms with Gasteiger partial charge in [0.2, 0.25) is 5.78 Å². The first kappa shape index (κ1) is 8.30. The summed E-state index contributed by atoms with van der Waals surface area (Å²) in [7, 11) is 0. The number of nitrogens with zero attached hydrogens (tertiary/aromatic N) is 1. The molecule has 0 spiro atoms. The van der Waals surface area contributed by atoms with Gasteiger partial charge in [0.15, 0.2) is 0 Å². The van der Waals surface area contributed by atoms with Gasteiger partial charge in [0.05, 0.1) is 11.7 Å². The van der Waals surface area contributed by atoms with Crippen molar-refractivity contribution in [3.8, 4) is 0 Å². The molecular weight excluding hydrogens is 162 g/mol. The van der Waals surface area contributed by atoms with Crippen LogP contribution in [0.4, 0.5) is 0 Å². The molecule has 13 heavy (non-hydrogen) atoms. The lowest BCUT2D eigenvalue weighted by atomic mass is 10.0. The molecule has 0 saturated carbocycles. The molecule has 1 aromatic rings. The van der Waals surface area contributed by atoms with E-state index >= 15 is 0 Å². The summed E-state index contributed by atoms with van der Waals surface area (Å²) >= 11 is 0. The van der Waals surface area contributed by atoms with Crippen LogP contribution >= 0.6 is 0 Å². The highest BCUT2D eigenvalue weighted by Gasteiger charge is 2.31. The van der Waals surface area contributed by atoms with Gasteiger partial charge in [-0.2, -0.15) is 0 Å². The minimum absolute atomic E-state index is 0.192. The van der Waals surface area contributed by atoms with E-state index in [1.54, 1.807) is 0 Å². The van der Waals surface area contributed by atoms with Gasteiger partial charge in [-0.15, -0.1) is 0 Å². The van der Waals surface area contributed by atoms with E-state index in [4.69, 9.17) is 0 Å². The number of aromatic nitrogens is 1. The molecule has 2 rings (SSSR count). The molecule has 68 valence electrons. The molecule has 0 fully saturated rings. The number of fused-ring (bicyclic) bond motifs is 1. The Balaban J connectivity index is 2.62. The van der Waals surface area contributed by atoms with Crippen molar-refractivity contribution >= 4 is 5.78 Å². The Labute approximate surface area is 77.9 Å². The van der Waals surface area contributed by atoms with Gasteiger partial charge >= 0.3 is 0 Å². The molecule has 2 heterocycles. The molecule has 0 N–H and O–H groups in total. The molecule has 1 atom stereocenters. The van der Waals surface area contributed by atoms with Crippen LogP contribution in [0.3, 0.4) is 0 Å². The van der Waals surface area contributed by atoms with Gasteiger partial charge in [-0.05, 0) is 32.9 Å². The summed E-state index contributed by atoms with van der Waals surface area (Å²) in [4.78, 5) is 11.8. The second-order valence-electron chi connectivity index (χ2n) is 3.72. The van der Waals surface area contributed by atoms with Gasteiger partial charge in [0, 0.05) is 11.8 Å². The Hall–Kier alpha value is -1.31. The zero-order valence-electron chi connectivity index (χ0n) is 8.16.